The van der Waals surface area contributed by atoms with Crippen LogP contribution in [0.3, 0.4) is 0 Å². The Morgan fingerprint density at radius 1 is 1.08 bits per heavy atom. The highest BCUT2D eigenvalue weighted by molar-refractivity contribution is 14.1. The molecule has 0 radical (unpaired) electrons. The second kappa shape index (κ2) is 6.18. The van der Waals surface area contributed by atoms with Crippen LogP contribution in [0.1, 0.15) is 17.9 Å². The zero-order valence-electron chi connectivity index (χ0n) is 6.84. The van der Waals surface area contributed by atoms with E-state index in [4.69, 9.17) is 0 Å². The van der Waals surface area contributed by atoms with Gasteiger partial charge in [-0.05, 0) is 17.9 Å². The summed E-state index contributed by atoms with van der Waals surface area (Å²) in [6.45, 7) is 0. The van der Waals surface area contributed by atoms with Gasteiger partial charge in [-0.1, -0.05) is 75.5 Å². The maximum Gasteiger partial charge on any atom is 0.00645 e. The Hall–Kier alpha value is 0.680. The van der Waals surface area contributed by atoms with Gasteiger partial charge in [0.2, 0.25) is 0 Å². The zero-order valence-corrected chi connectivity index (χ0v) is 11.2. The number of hydrogen-bond acceptors (Lipinski definition) is 0. The molecule has 1 aromatic carbocycles. The van der Waals surface area contributed by atoms with Crippen molar-refractivity contribution in [3.63, 3.8) is 0 Å². The van der Waals surface area contributed by atoms with E-state index < -0.39 is 0 Å². The minimum atomic E-state index is 0.753. The first-order valence-corrected chi connectivity index (χ1v) is 7.10. The molecule has 0 nitrogen and oxygen atoms in total. The van der Waals surface area contributed by atoms with E-state index in [1.54, 1.807) is 0 Å². The highest BCUT2D eigenvalue weighted by Gasteiger charge is 2.07. The first-order valence-electron chi connectivity index (χ1n) is 4.05. The summed E-state index contributed by atoms with van der Waals surface area (Å²) in [6.07, 6.45) is 1.30. The van der Waals surface area contributed by atoms with Gasteiger partial charge in [-0.3, -0.25) is 0 Å². The van der Waals surface area contributed by atoms with Crippen LogP contribution in [-0.2, 0) is 0 Å². The van der Waals surface area contributed by atoms with Crippen LogP contribution in [0.25, 0.3) is 0 Å². The molecule has 0 amide bonds. The van der Waals surface area contributed by atoms with Crippen LogP contribution in [-0.4, -0.2) is 8.86 Å². The van der Waals surface area contributed by atoms with Crippen LogP contribution in [0.4, 0.5) is 0 Å². The van der Waals surface area contributed by atoms with E-state index in [-0.39, 0.29) is 0 Å². The van der Waals surface area contributed by atoms with Crippen LogP contribution in [0.2, 0.25) is 0 Å². The molecule has 0 bridgehead atoms. The van der Waals surface area contributed by atoms with Crippen LogP contribution in [0.5, 0.6) is 0 Å². The molecule has 0 aliphatic rings. The van der Waals surface area contributed by atoms with E-state index >= 15 is 0 Å². The van der Waals surface area contributed by atoms with E-state index in [0.29, 0.717) is 0 Å². The summed E-state index contributed by atoms with van der Waals surface area (Å²) in [6, 6.07) is 10.8. The van der Waals surface area contributed by atoms with Crippen molar-refractivity contribution in [2.24, 2.45) is 0 Å². The molecule has 1 aromatic rings. The van der Waals surface area contributed by atoms with Gasteiger partial charge < -0.3 is 0 Å². The molecule has 0 heterocycles. The summed E-state index contributed by atoms with van der Waals surface area (Å²) in [5.74, 6) is 0.753. The molecule has 0 aliphatic heterocycles. The van der Waals surface area contributed by atoms with E-state index in [0.717, 1.165) is 5.92 Å². The van der Waals surface area contributed by atoms with Gasteiger partial charge in [0.1, 0.15) is 0 Å². The summed E-state index contributed by atoms with van der Waals surface area (Å²) in [4.78, 5) is 0. The lowest BCUT2D eigenvalue weighted by Gasteiger charge is -2.12. The molecular formula is C10H12I2. The van der Waals surface area contributed by atoms with Gasteiger partial charge in [0, 0.05) is 8.86 Å². The van der Waals surface area contributed by atoms with Crippen LogP contribution in [0.15, 0.2) is 30.3 Å². The van der Waals surface area contributed by atoms with E-state index in [9.17, 15) is 0 Å². The maximum absolute atomic E-state index is 2.47. The number of alkyl halides is 2. The van der Waals surface area contributed by atoms with Gasteiger partial charge in [-0.2, -0.15) is 0 Å². The molecule has 12 heavy (non-hydrogen) atoms. The zero-order chi connectivity index (χ0) is 8.81. The molecule has 0 saturated carbocycles. The number of halogens is 2. The second-order valence-corrected chi connectivity index (χ2v) is 4.70. The van der Waals surface area contributed by atoms with Gasteiger partial charge in [0.05, 0.1) is 0 Å². The topological polar surface area (TPSA) is 0 Å². The lowest BCUT2D eigenvalue weighted by atomic mass is 9.99. The number of rotatable bonds is 4. The molecule has 0 fully saturated rings. The molecule has 0 aliphatic carbocycles. The van der Waals surface area contributed by atoms with Crippen molar-refractivity contribution >= 4 is 45.2 Å². The summed E-state index contributed by atoms with van der Waals surface area (Å²) in [5, 5.41) is 0. The first kappa shape index (κ1) is 10.8. The number of benzene rings is 1. The van der Waals surface area contributed by atoms with Crippen molar-refractivity contribution in [3.8, 4) is 0 Å². The van der Waals surface area contributed by atoms with Gasteiger partial charge in [-0.15, -0.1) is 0 Å². The Morgan fingerprint density at radius 3 is 2.25 bits per heavy atom. The Kier molecular flexibility index (Phi) is 5.54. The number of hydrogen-bond donors (Lipinski definition) is 0. The highest BCUT2D eigenvalue weighted by atomic mass is 127. The SMILES string of the molecule is ICCC(CI)c1ccccc1. The third-order valence-electron chi connectivity index (χ3n) is 1.91. The Balaban J connectivity index is 2.66. The van der Waals surface area contributed by atoms with E-state index in [2.05, 4.69) is 75.5 Å². The van der Waals surface area contributed by atoms with Crippen LogP contribution in [0, 0.1) is 0 Å². The molecule has 1 rings (SSSR count). The minimum absolute atomic E-state index is 0.753. The summed E-state index contributed by atoms with van der Waals surface area (Å²) in [7, 11) is 0. The highest BCUT2D eigenvalue weighted by Crippen LogP contribution is 2.22. The Labute approximate surface area is 101 Å². The largest absolute Gasteiger partial charge is 0.0864 e. The monoisotopic (exact) mass is 386 g/mol. The van der Waals surface area contributed by atoms with E-state index in [1.807, 2.05) is 0 Å². The van der Waals surface area contributed by atoms with Crippen LogP contribution < -0.4 is 0 Å². The summed E-state index contributed by atoms with van der Waals surface area (Å²) < 4.78 is 2.48. The molecular weight excluding hydrogens is 374 g/mol. The molecule has 1 atom stereocenters. The molecule has 2 heteroatoms. The quantitative estimate of drug-likeness (QED) is 0.542. The average molecular weight is 386 g/mol. The third-order valence-corrected chi connectivity index (χ3v) is 3.60. The van der Waals surface area contributed by atoms with Crippen molar-refractivity contribution in [2.75, 3.05) is 8.86 Å². The predicted molar refractivity (Wildman–Crippen MR) is 71.6 cm³/mol. The van der Waals surface area contributed by atoms with Crippen molar-refractivity contribution in [3.05, 3.63) is 35.9 Å². The van der Waals surface area contributed by atoms with Gasteiger partial charge in [-0.25, -0.2) is 0 Å². The minimum Gasteiger partial charge on any atom is -0.0864 e. The fourth-order valence-corrected chi connectivity index (χ4v) is 2.89. The van der Waals surface area contributed by atoms with Crippen molar-refractivity contribution in [1.29, 1.82) is 0 Å². The maximum atomic E-state index is 2.47. The lowest BCUT2D eigenvalue weighted by molar-refractivity contribution is 0.769. The normalized spacial score (nSPS) is 12.8. The Morgan fingerprint density at radius 2 is 1.75 bits per heavy atom. The van der Waals surface area contributed by atoms with E-state index in [1.165, 1.54) is 20.8 Å². The average Bonchev–Trinajstić information content (AvgIpc) is 2.15. The van der Waals surface area contributed by atoms with Gasteiger partial charge in [0.15, 0.2) is 0 Å². The molecule has 0 saturated heterocycles. The lowest BCUT2D eigenvalue weighted by Crippen LogP contribution is -2.00. The summed E-state index contributed by atoms with van der Waals surface area (Å²) >= 11 is 4.92. The summed E-state index contributed by atoms with van der Waals surface area (Å²) in [5.41, 5.74) is 1.49. The molecule has 66 valence electrons. The first-order chi connectivity index (χ1) is 5.88. The fourth-order valence-electron chi connectivity index (χ4n) is 1.19. The smallest absolute Gasteiger partial charge is 0.00645 e. The predicted octanol–water partition coefficient (Wildman–Crippen LogP) is 4.03. The van der Waals surface area contributed by atoms with Crippen molar-refractivity contribution < 1.29 is 0 Å². The van der Waals surface area contributed by atoms with Crippen molar-refractivity contribution in [1.82, 2.24) is 0 Å². The third kappa shape index (κ3) is 3.20. The Bertz CT molecular complexity index is 208. The van der Waals surface area contributed by atoms with Crippen molar-refractivity contribution in [2.45, 2.75) is 12.3 Å². The van der Waals surface area contributed by atoms with Gasteiger partial charge in [0.25, 0.3) is 0 Å². The molecule has 0 spiro atoms. The second-order valence-electron chi connectivity index (χ2n) is 2.74. The van der Waals surface area contributed by atoms with Gasteiger partial charge >= 0.3 is 0 Å². The fraction of sp³-hybridized carbons (Fsp3) is 0.400. The molecule has 0 N–H and O–H groups in total. The molecule has 1 unspecified atom stereocenters. The molecule has 0 aromatic heterocycles. The standard InChI is InChI=1S/C10H12I2/c11-7-6-10(8-12)9-4-2-1-3-5-9/h1-5,10H,6-8H2. The van der Waals surface area contributed by atoms with Crippen LogP contribution >= 0.6 is 45.2 Å².